The molecule has 1 aliphatic rings. The van der Waals surface area contributed by atoms with E-state index in [1.54, 1.807) is 0 Å². The maximum Gasteiger partial charge on any atom is 0.0632 e. The fourth-order valence-corrected chi connectivity index (χ4v) is 4.39. The zero-order chi connectivity index (χ0) is 18.0. The van der Waals surface area contributed by atoms with E-state index >= 15 is 0 Å². The molecule has 2 nitrogen and oxygen atoms in total. The molecule has 5 atom stereocenters. The molecule has 0 radical (unpaired) electrons. The van der Waals surface area contributed by atoms with Crippen LogP contribution in [0, 0.1) is 11.8 Å². The van der Waals surface area contributed by atoms with Gasteiger partial charge in [-0.1, -0.05) is 61.3 Å². The summed E-state index contributed by atoms with van der Waals surface area (Å²) in [6.07, 6.45) is 1.49. The third-order valence-corrected chi connectivity index (χ3v) is 6.00. The van der Waals surface area contributed by atoms with Crippen LogP contribution in [0.5, 0.6) is 0 Å². The van der Waals surface area contributed by atoms with Crippen molar-refractivity contribution in [2.45, 2.75) is 44.9 Å². The smallest absolute Gasteiger partial charge is 0.0632 e. The first-order chi connectivity index (χ1) is 12.0. The lowest BCUT2D eigenvalue weighted by molar-refractivity contribution is -0.0251. The van der Waals surface area contributed by atoms with Crippen molar-refractivity contribution >= 4 is 23.2 Å². The summed E-state index contributed by atoms with van der Waals surface area (Å²) in [4.78, 5) is 0. The highest BCUT2D eigenvalue weighted by molar-refractivity contribution is 6.30. The largest absolute Gasteiger partial charge is 0.392 e. The molecule has 0 aromatic heterocycles. The number of aliphatic hydroxyl groups is 1. The Morgan fingerprint density at radius 3 is 1.44 bits per heavy atom. The van der Waals surface area contributed by atoms with Gasteiger partial charge in [-0.3, -0.25) is 0 Å². The van der Waals surface area contributed by atoms with E-state index in [-0.39, 0.29) is 30.0 Å². The van der Waals surface area contributed by atoms with Crippen LogP contribution in [0.15, 0.2) is 48.5 Å². The first kappa shape index (κ1) is 18.7. The van der Waals surface area contributed by atoms with Crippen LogP contribution >= 0.6 is 23.2 Å². The predicted molar refractivity (Wildman–Crippen MR) is 105 cm³/mol. The zero-order valence-electron chi connectivity index (χ0n) is 14.6. The van der Waals surface area contributed by atoms with Crippen molar-refractivity contribution in [3.05, 3.63) is 69.7 Å². The quantitative estimate of drug-likeness (QED) is 0.706. The Morgan fingerprint density at radius 2 is 1.12 bits per heavy atom. The van der Waals surface area contributed by atoms with Gasteiger partial charge in [-0.05, 0) is 48.2 Å². The Labute approximate surface area is 160 Å². The van der Waals surface area contributed by atoms with Gasteiger partial charge in [-0.15, -0.1) is 0 Å². The van der Waals surface area contributed by atoms with Crippen LogP contribution in [0.4, 0.5) is 0 Å². The summed E-state index contributed by atoms with van der Waals surface area (Å²) in [5, 5.41) is 16.4. The minimum absolute atomic E-state index is 0.0979. The van der Waals surface area contributed by atoms with Crippen molar-refractivity contribution in [1.29, 1.82) is 0 Å². The molecule has 2 aromatic rings. The number of halogens is 2. The van der Waals surface area contributed by atoms with Gasteiger partial charge in [0.15, 0.2) is 0 Å². The molecular formula is C21H25Cl2NO. The summed E-state index contributed by atoms with van der Waals surface area (Å²) in [6, 6.07) is 16.1. The zero-order valence-corrected chi connectivity index (χ0v) is 16.1. The molecule has 2 aromatic carbocycles. The van der Waals surface area contributed by atoms with Crippen molar-refractivity contribution in [3.63, 3.8) is 0 Å². The second-order valence-corrected chi connectivity index (χ2v) is 7.73. The molecule has 0 bridgehead atoms. The highest BCUT2D eigenvalue weighted by Crippen LogP contribution is 2.43. The molecule has 2 N–H and O–H groups in total. The lowest BCUT2D eigenvalue weighted by atomic mass is 9.71. The average molecular weight is 378 g/mol. The van der Waals surface area contributed by atoms with Crippen LogP contribution in [-0.2, 0) is 0 Å². The van der Waals surface area contributed by atoms with Gasteiger partial charge in [0.1, 0.15) is 0 Å². The molecule has 0 amide bonds. The predicted octanol–water partition coefficient (Wildman–Crippen LogP) is 5.79. The van der Waals surface area contributed by atoms with Crippen LogP contribution in [0.3, 0.4) is 0 Å². The lowest BCUT2D eigenvalue weighted by Gasteiger charge is -2.46. The summed E-state index contributed by atoms with van der Waals surface area (Å²) in [6.45, 7) is 4.29. The van der Waals surface area contributed by atoms with E-state index in [2.05, 4.69) is 43.4 Å². The molecule has 1 aliphatic heterocycles. The van der Waals surface area contributed by atoms with Crippen molar-refractivity contribution < 1.29 is 5.11 Å². The van der Waals surface area contributed by atoms with Gasteiger partial charge in [0.2, 0.25) is 0 Å². The summed E-state index contributed by atoms with van der Waals surface area (Å²) in [5.41, 5.74) is 2.34. The number of hydrogen-bond acceptors (Lipinski definition) is 2. The maximum atomic E-state index is 11.1. The van der Waals surface area contributed by atoms with E-state index in [9.17, 15) is 5.11 Å². The van der Waals surface area contributed by atoms with E-state index < -0.39 is 0 Å². The molecule has 0 aliphatic carbocycles. The number of piperidine rings is 1. The van der Waals surface area contributed by atoms with Crippen LogP contribution in [-0.4, -0.2) is 11.2 Å². The third-order valence-electron chi connectivity index (χ3n) is 5.49. The topological polar surface area (TPSA) is 32.3 Å². The number of hydrogen-bond donors (Lipinski definition) is 2. The Balaban J connectivity index is 1.97. The van der Waals surface area contributed by atoms with Gasteiger partial charge < -0.3 is 10.4 Å². The number of benzene rings is 2. The summed E-state index contributed by atoms with van der Waals surface area (Å²) in [7, 11) is 0. The minimum atomic E-state index is -0.349. The van der Waals surface area contributed by atoms with Crippen LogP contribution < -0.4 is 5.32 Å². The molecule has 0 saturated carbocycles. The molecule has 134 valence electrons. The lowest BCUT2D eigenvalue weighted by Crippen LogP contribution is -2.50. The number of aliphatic hydroxyl groups excluding tert-OH is 1. The minimum Gasteiger partial charge on any atom is -0.392 e. The highest BCUT2D eigenvalue weighted by atomic mass is 35.5. The standard InChI is InChI=1S/C21H25Cl2NO/c1-3-17-19(13-5-9-15(22)10-6-13)24-20(18(4-2)21(17)25)14-7-11-16(23)12-8-14/h5-12,17-21,24-25H,3-4H2,1-2H3/t17-,18+,19-,20-,21?/m1/s1. The highest BCUT2D eigenvalue weighted by Gasteiger charge is 2.42. The molecule has 1 heterocycles. The normalized spacial score (nSPS) is 29.6. The van der Waals surface area contributed by atoms with Crippen molar-refractivity contribution in [2.24, 2.45) is 11.8 Å². The Kier molecular flexibility index (Phi) is 6.06. The fraction of sp³-hybridized carbons (Fsp3) is 0.429. The van der Waals surface area contributed by atoms with E-state index in [0.717, 1.165) is 22.9 Å². The van der Waals surface area contributed by atoms with Gasteiger partial charge in [0.05, 0.1) is 6.10 Å². The Hall–Kier alpha value is -1.06. The van der Waals surface area contributed by atoms with Crippen molar-refractivity contribution in [1.82, 2.24) is 5.32 Å². The third kappa shape index (κ3) is 3.88. The van der Waals surface area contributed by atoms with E-state index in [4.69, 9.17) is 23.2 Å². The maximum absolute atomic E-state index is 11.1. The van der Waals surface area contributed by atoms with E-state index in [1.165, 1.54) is 11.1 Å². The second kappa shape index (κ2) is 8.09. The summed E-state index contributed by atoms with van der Waals surface area (Å²) in [5.74, 6) is 0.351. The molecule has 1 fully saturated rings. The molecule has 25 heavy (non-hydrogen) atoms. The summed E-state index contributed by atoms with van der Waals surface area (Å²) < 4.78 is 0. The Bertz CT molecular complexity index is 627. The average Bonchev–Trinajstić information content (AvgIpc) is 2.62. The first-order valence-electron chi connectivity index (χ1n) is 9.00. The van der Waals surface area contributed by atoms with Crippen LogP contribution in [0.1, 0.15) is 49.9 Å². The molecule has 1 saturated heterocycles. The van der Waals surface area contributed by atoms with Gasteiger partial charge in [-0.2, -0.15) is 0 Å². The van der Waals surface area contributed by atoms with E-state index in [1.807, 2.05) is 24.3 Å². The number of nitrogens with one attached hydrogen (secondary N) is 1. The Morgan fingerprint density at radius 1 is 0.760 bits per heavy atom. The molecule has 4 heteroatoms. The van der Waals surface area contributed by atoms with Crippen molar-refractivity contribution in [3.8, 4) is 0 Å². The fourth-order valence-electron chi connectivity index (χ4n) is 4.13. The van der Waals surface area contributed by atoms with Gasteiger partial charge in [0, 0.05) is 34.0 Å². The second-order valence-electron chi connectivity index (χ2n) is 6.86. The molecule has 1 unspecified atom stereocenters. The van der Waals surface area contributed by atoms with Gasteiger partial charge in [-0.25, -0.2) is 0 Å². The van der Waals surface area contributed by atoms with Gasteiger partial charge in [0.25, 0.3) is 0 Å². The number of rotatable bonds is 4. The molecule has 3 rings (SSSR count). The van der Waals surface area contributed by atoms with Crippen LogP contribution in [0.2, 0.25) is 10.0 Å². The molecule has 0 spiro atoms. The van der Waals surface area contributed by atoms with Crippen molar-refractivity contribution in [2.75, 3.05) is 0 Å². The SMILES string of the molecule is CC[C@@H]1C(O)[C@H](CC)[C@@H](c2ccc(Cl)cc2)N[C@@H]1c1ccc(Cl)cc1. The van der Waals surface area contributed by atoms with Crippen LogP contribution in [0.25, 0.3) is 0 Å². The first-order valence-corrected chi connectivity index (χ1v) is 9.75. The van der Waals surface area contributed by atoms with Gasteiger partial charge >= 0.3 is 0 Å². The molecular weight excluding hydrogens is 353 g/mol. The summed E-state index contributed by atoms with van der Waals surface area (Å²) >= 11 is 12.1. The monoisotopic (exact) mass is 377 g/mol. The van der Waals surface area contributed by atoms with E-state index in [0.29, 0.717) is 0 Å².